The maximum atomic E-state index is 12.3. The van der Waals surface area contributed by atoms with Gasteiger partial charge in [-0.15, -0.1) is 0 Å². The van der Waals surface area contributed by atoms with Crippen molar-refractivity contribution in [2.24, 2.45) is 0 Å². The Balaban J connectivity index is 1.65. The largest absolute Gasteiger partial charge is 0.480 e. The third-order valence-corrected chi connectivity index (χ3v) is 4.54. The van der Waals surface area contributed by atoms with Crippen molar-refractivity contribution in [1.82, 2.24) is 10.2 Å². The van der Waals surface area contributed by atoms with Crippen molar-refractivity contribution in [2.45, 2.75) is 56.3 Å². The van der Waals surface area contributed by atoms with Gasteiger partial charge in [-0.25, -0.2) is 9.59 Å². The summed E-state index contributed by atoms with van der Waals surface area (Å²) in [7, 11) is 0. The number of nitrogens with zero attached hydrogens (tertiary/aromatic N) is 1. The van der Waals surface area contributed by atoms with Gasteiger partial charge < -0.3 is 20.1 Å². The predicted molar refractivity (Wildman–Crippen MR) is 66.8 cm³/mol. The zero-order chi connectivity index (χ0) is 13.5. The molecule has 0 aromatic rings. The summed E-state index contributed by atoms with van der Waals surface area (Å²) in [5.41, 5.74) is -1.05. The highest BCUT2D eigenvalue weighted by Gasteiger charge is 2.44. The van der Waals surface area contributed by atoms with E-state index in [4.69, 9.17) is 4.74 Å². The predicted octanol–water partition coefficient (Wildman–Crippen LogP) is 0.957. The summed E-state index contributed by atoms with van der Waals surface area (Å²) in [6, 6.07) is -0.246. The van der Waals surface area contributed by atoms with Crippen molar-refractivity contribution in [1.29, 1.82) is 0 Å². The Morgan fingerprint density at radius 1 is 1.16 bits per heavy atom. The van der Waals surface area contributed by atoms with Crippen molar-refractivity contribution >= 4 is 12.0 Å². The molecule has 2 amide bonds. The first-order chi connectivity index (χ1) is 9.09. The molecule has 0 aromatic carbocycles. The Morgan fingerprint density at radius 2 is 1.74 bits per heavy atom. The van der Waals surface area contributed by atoms with E-state index in [1.54, 1.807) is 4.90 Å². The van der Waals surface area contributed by atoms with Gasteiger partial charge >= 0.3 is 12.0 Å². The molecular formula is C13H20N2O4. The van der Waals surface area contributed by atoms with Crippen LogP contribution in [-0.4, -0.2) is 52.8 Å². The number of carboxylic acids is 1. The SMILES string of the molecule is O=C(NC1(C(=O)O)CCCC1)N1CC2CCC(C1)O2. The zero-order valence-electron chi connectivity index (χ0n) is 10.9. The molecule has 0 spiro atoms. The summed E-state index contributed by atoms with van der Waals surface area (Å²) in [6.45, 7) is 1.16. The molecule has 2 aliphatic heterocycles. The van der Waals surface area contributed by atoms with Gasteiger partial charge in [0.15, 0.2) is 0 Å². The van der Waals surface area contributed by atoms with E-state index in [1.165, 1.54) is 0 Å². The maximum Gasteiger partial charge on any atom is 0.329 e. The molecule has 19 heavy (non-hydrogen) atoms. The number of likely N-dealkylation sites (tertiary alicyclic amines) is 1. The highest BCUT2D eigenvalue weighted by Crippen LogP contribution is 2.31. The second-order valence-corrected chi connectivity index (χ2v) is 5.89. The standard InChI is InChI=1S/C13H20N2O4/c16-11(17)13(5-1-2-6-13)14-12(18)15-7-9-3-4-10(8-15)19-9/h9-10H,1-8H2,(H,14,18)(H,16,17). The molecule has 0 radical (unpaired) electrons. The summed E-state index contributed by atoms with van der Waals surface area (Å²) in [4.78, 5) is 25.4. The highest BCUT2D eigenvalue weighted by atomic mass is 16.5. The van der Waals surface area contributed by atoms with Crippen LogP contribution in [0.3, 0.4) is 0 Å². The minimum atomic E-state index is -1.05. The van der Waals surface area contributed by atoms with E-state index < -0.39 is 11.5 Å². The van der Waals surface area contributed by atoms with Crippen LogP contribution in [0.25, 0.3) is 0 Å². The lowest BCUT2D eigenvalue weighted by Gasteiger charge is -2.35. The number of rotatable bonds is 2. The number of amides is 2. The van der Waals surface area contributed by atoms with E-state index in [9.17, 15) is 14.7 Å². The van der Waals surface area contributed by atoms with Gasteiger partial charge in [-0.1, -0.05) is 12.8 Å². The second kappa shape index (κ2) is 4.67. The molecule has 2 bridgehead atoms. The molecule has 6 heteroatoms. The third-order valence-electron chi connectivity index (χ3n) is 4.54. The Morgan fingerprint density at radius 3 is 2.26 bits per heavy atom. The number of urea groups is 1. The van der Waals surface area contributed by atoms with Gasteiger partial charge in [-0.05, 0) is 25.7 Å². The fraction of sp³-hybridized carbons (Fsp3) is 0.846. The Hall–Kier alpha value is -1.30. The molecule has 0 aromatic heterocycles. The molecule has 3 rings (SSSR count). The fourth-order valence-electron chi connectivity index (χ4n) is 3.44. The van der Waals surface area contributed by atoms with Gasteiger partial charge in [0, 0.05) is 13.1 Å². The second-order valence-electron chi connectivity index (χ2n) is 5.89. The Kier molecular flexibility index (Phi) is 3.12. The molecule has 2 heterocycles. The Bertz CT molecular complexity index is 380. The van der Waals surface area contributed by atoms with E-state index in [0.717, 1.165) is 25.7 Å². The van der Waals surface area contributed by atoms with Crippen molar-refractivity contribution < 1.29 is 19.4 Å². The summed E-state index contributed by atoms with van der Waals surface area (Å²) >= 11 is 0. The van der Waals surface area contributed by atoms with E-state index >= 15 is 0 Å². The number of aliphatic carboxylic acids is 1. The van der Waals surface area contributed by atoms with Gasteiger partial charge in [0.05, 0.1) is 12.2 Å². The normalized spacial score (nSPS) is 32.3. The summed E-state index contributed by atoms with van der Waals surface area (Å²) in [5.74, 6) is -0.908. The van der Waals surface area contributed by atoms with Crippen LogP contribution in [0.4, 0.5) is 4.79 Å². The van der Waals surface area contributed by atoms with Crippen LogP contribution >= 0.6 is 0 Å². The van der Waals surface area contributed by atoms with Gasteiger partial charge in [-0.2, -0.15) is 0 Å². The van der Waals surface area contributed by atoms with Gasteiger partial charge in [0.1, 0.15) is 5.54 Å². The topological polar surface area (TPSA) is 78.9 Å². The molecule has 2 atom stereocenters. The molecule has 3 aliphatic rings. The molecule has 2 saturated heterocycles. The number of ether oxygens (including phenoxy) is 1. The summed E-state index contributed by atoms with van der Waals surface area (Å²) in [6.07, 6.45) is 5.05. The van der Waals surface area contributed by atoms with Crippen LogP contribution in [0.2, 0.25) is 0 Å². The van der Waals surface area contributed by atoms with E-state index in [2.05, 4.69) is 5.32 Å². The van der Waals surface area contributed by atoms with Crippen LogP contribution in [0, 0.1) is 0 Å². The number of fused-ring (bicyclic) bond motifs is 2. The van der Waals surface area contributed by atoms with Crippen molar-refractivity contribution in [3.63, 3.8) is 0 Å². The minimum Gasteiger partial charge on any atom is -0.480 e. The molecule has 2 unspecified atom stereocenters. The molecule has 1 saturated carbocycles. The Labute approximate surface area is 112 Å². The molecule has 3 fully saturated rings. The van der Waals surface area contributed by atoms with Crippen molar-refractivity contribution in [3.8, 4) is 0 Å². The molecule has 1 aliphatic carbocycles. The van der Waals surface area contributed by atoms with Crippen molar-refractivity contribution in [2.75, 3.05) is 13.1 Å². The number of hydrogen-bond acceptors (Lipinski definition) is 3. The maximum absolute atomic E-state index is 12.3. The van der Waals surface area contributed by atoms with Gasteiger partial charge in [0.25, 0.3) is 0 Å². The van der Waals surface area contributed by atoms with Crippen molar-refractivity contribution in [3.05, 3.63) is 0 Å². The number of morpholine rings is 1. The molecular weight excluding hydrogens is 248 g/mol. The minimum absolute atomic E-state index is 0.133. The van der Waals surface area contributed by atoms with Crippen LogP contribution in [0.1, 0.15) is 38.5 Å². The lowest BCUT2D eigenvalue weighted by molar-refractivity contribution is -0.144. The zero-order valence-corrected chi connectivity index (χ0v) is 10.9. The first-order valence-corrected chi connectivity index (χ1v) is 7.05. The molecule has 6 nitrogen and oxygen atoms in total. The number of carbonyl (C=O) groups is 2. The lowest BCUT2D eigenvalue weighted by atomic mass is 9.98. The smallest absolute Gasteiger partial charge is 0.329 e. The first-order valence-electron chi connectivity index (χ1n) is 7.05. The van der Waals surface area contributed by atoms with E-state index in [1.807, 2.05) is 0 Å². The molecule has 2 N–H and O–H groups in total. The number of carbonyl (C=O) groups excluding carboxylic acids is 1. The molecule has 106 valence electrons. The van der Waals surface area contributed by atoms with Crippen LogP contribution in [0.5, 0.6) is 0 Å². The lowest BCUT2D eigenvalue weighted by Crippen LogP contribution is -2.59. The summed E-state index contributed by atoms with van der Waals surface area (Å²) in [5, 5.41) is 12.1. The van der Waals surface area contributed by atoms with Crippen LogP contribution < -0.4 is 5.32 Å². The third kappa shape index (κ3) is 2.29. The van der Waals surface area contributed by atoms with Gasteiger partial charge in [0.2, 0.25) is 0 Å². The fourth-order valence-corrected chi connectivity index (χ4v) is 3.44. The number of nitrogens with one attached hydrogen (secondary N) is 1. The first kappa shape index (κ1) is 12.7. The monoisotopic (exact) mass is 268 g/mol. The van der Waals surface area contributed by atoms with Crippen LogP contribution in [0.15, 0.2) is 0 Å². The highest BCUT2D eigenvalue weighted by molar-refractivity contribution is 5.86. The summed E-state index contributed by atoms with van der Waals surface area (Å²) < 4.78 is 5.68. The van der Waals surface area contributed by atoms with E-state index in [-0.39, 0.29) is 18.2 Å². The number of carboxylic acid groups (broad SMARTS) is 1. The quantitative estimate of drug-likeness (QED) is 0.781. The van der Waals surface area contributed by atoms with E-state index in [0.29, 0.717) is 25.9 Å². The van der Waals surface area contributed by atoms with Gasteiger partial charge in [-0.3, -0.25) is 0 Å². The van der Waals surface area contributed by atoms with Crippen LogP contribution in [-0.2, 0) is 9.53 Å². The average Bonchev–Trinajstić information content (AvgIpc) is 2.97. The average molecular weight is 268 g/mol. The number of hydrogen-bond donors (Lipinski definition) is 2.